The molecule has 4 amide bonds. The van der Waals surface area contributed by atoms with Crippen molar-refractivity contribution in [3.8, 4) is 0 Å². The largest absolute Gasteiger partial charge is 0.480 e. The van der Waals surface area contributed by atoms with E-state index in [1.165, 1.54) is 36.8 Å². The molecule has 9 nitrogen and oxygen atoms in total. The molecule has 0 bridgehead atoms. The van der Waals surface area contributed by atoms with Crippen LogP contribution in [0.3, 0.4) is 0 Å². The zero-order valence-corrected chi connectivity index (χ0v) is 21.5. The average molecular weight is 531 g/mol. The molecule has 12 heteroatoms. The minimum Gasteiger partial charge on any atom is -0.480 e. The quantitative estimate of drug-likeness (QED) is 0.351. The standard InChI is InChI=1S/C22H28Cl2N4O5S/c1-27(2)22(33)25-12-15(21(31)32)26-20(30)14-8-10-28(11-9-14)17(29)7-5-13-4-6-16(34-3)19(24)18(13)23/h4-7,14-15H,8-12H2,1-3H3,(H,25,33)(H,26,30)(H,31,32)/b7-5+/t15-/m0/s1. The summed E-state index contributed by atoms with van der Waals surface area (Å²) in [5, 5.41) is 15.1. The predicted octanol–water partition coefficient (Wildman–Crippen LogP) is 2.81. The first-order valence-electron chi connectivity index (χ1n) is 10.5. The summed E-state index contributed by atoms with van der Waals surface area (Å²) in [6, 6.07) is 1.93. The summed E-state index contributed by atoms with van der Waals surface area (Å²) >= 11 is 14.0. The van der Waals surface area contributed by atoms with Crippen LogP contribution in [0, 0.1) is 5.92 Å². The molecule has 34 heavy (non-hydrogen) atoms. The van der Waals surface area contributed by atoms with Crippen LogP contribution in [0.25, 0.3) is 6.08 Å². The molecular formula is C22H28Cl2N4O5S. The lowest BCUT2D eigenvalue weighted by atomic mass is 9.95. The molecule has 0 saturated carbocycles. The molecule has 1 aliphatic rings. The third-order valence-electron chi connectivity index (χ3n) is 5.36. The number of carbonyl (C=O) groups excluding carboxylic acids is 3. The Balaban J connectivity index is 1.89. The van der Waals surface area contributed by atoms with Crippen LogP contribution in [0.5, 0.6) is 0 Å². The van der Waals surface area contributed by atoms with Gasteiger partial charge in [0, 0.05) is 44.1 Å². The van der Waals surface area contributed by atoms with Crippen molar-refractivity contribution in [3.05, 3.63) is 33.8 Å². The number of rotatable bonds is 8. The van der Waals surface area contributed by atoms with E-state index >= 15 is 0 Å². The van der Waals surface area contributed by atoms with Crippen molar-refractivity contribution in [2.75, 3.05) is 40.0 Å². The van der Waals surface area contributed by atoms with Crippen molar-refractivity contribution < 1.29 is 24.3 Å². The van der Waals surface area contributed by atoms with E-state index in [0.717, 1.165) is 4.90 Å². The fourth-order valence-electron chi connectivity index (χ4n) is 3.30. The second-order valence-corrected chi connectivity index (χ2v) is 9.50. The fraction of sp³-hybridized carbons (Fsp3) is 0.455. The van der Waals surface area contributed by atoms with Gasteiger partial charge in [-0.1, -0.05) is 29.3 Å². The maximum Gasteiger partial charge on any atom is 0.328 e. The van der Waals surface area contributed by atoms with Gasteiger partial charge in [0.2, 0.25) is 11.8 Å². The molecule has 1 aromatic carbocycles. The minimum atomic E-state index is -1.24. The highest BCUT2D eigenvalue weighted by Gasteiger charge is 2.30. The SMILES string of the molecule is CSc1ccc(/C=C/C(=O)N2CCC(C(=O)N[C@@H](CNC(=O)N(C)C)C(=O)O)CC2)c(Cl)c1Cl. The molecule has 3 N–H and O–H groups in total. The number of carboxylic acid groups (broad SMARTS) is 1. The topological polar surface area (TPSA) is 119 Å². The van der Waals surface area contributed by atoms with Gasteiger partial charge in [0.25, 0.3) is 0 Å². The van der Waals surface area contributed by atoms with E-state index in [-0.39, 0.29) is 12.5 Å². The van der Waals surface area contributed by atoms with Crippen molar-refractivity contribution in [2.24, 2.45) is 5.92 Å². The number of likely N-dealkylation sites (tertiary alicyclic amines) is 1. The third kappa shape index (κ3) is 7.54. The maximum absolute atomic E-state index is 12.6. The fourth-order valence-corrected chi connectivity index (χ4v) is 4.47. The second kappa shape index (κ2) is 12.9. The molecule has 1 atom stereocenters. The minimum absolute atomic E-state index is 0.213. The van der Waals surface area contributed by atoms with Crippen LogP contribution >= 0.6 is 35.0 Å². The number of urea groups is 1. The Hall–Kier alpha value is -2.43. The van der Waals surface area contributed by atoms with E-state index in [0.29, 0.717) is 41.5 Å². The number of nitrogens with zero attached hydrogens (tertiary/aromatic N) is 2. The molecule has 0 spiro atoms. The van der Waals surface area contributed by atoms with E-state index in [9.17, 15) is 24.3 Å². The lowest BCUT2D eigenvalue weighted by molar-refractivity contribution is -0.142. The molecule has 1 fully saturated rings. The lowest BCUT2D eigenvalue weighted by Crippen LogP contribution is -2.52. The number of benzene rings is 1. The molecule has 2 rings (SSSR count). The van der Waals surface area contributed by atoms with E-state index < -0.39 is 29.9 Å². The molecule has 0 aromatic heterocycles. The van der Waals surface area contributed by atoms with Gasteiger partial charge in [0.15, 0.2) is 0 Å². The van der Waals surface area contributed by atoms with Crippen molar-refractivity contribution in [2.45, 2.75) is 23.8 Å². The van der Waals surface area contributed by atoms with E-state index in [2.05, 4.69) is 10.6 Å². The number of piperidine rings is 1. The van der Waals surface area contributed by atoms with E-state index in [4.69, 9.17) is 23.2 Å². The number of carboxylic acids is 1. The predicted molar refractivity (Wildman–Crippen MR) is 133 cm³/mol. The average Bonchev–Trinajstić information content (AvgIpc) is 2.81. The van der Waals surface area contributed by atoms with Crippen molar-refractivity contribution in [1.82, 2.24) is 20.4 Å². The highest BCUT2D eigenvalue weighted by Crippen LogP contribution is 2.35. The summed E-state index contributed by atoms with van der Waals surface area (Å²) in [7, 11) is 3.05. The van der Waals surface area contributed by atoms with E-state index in [1.807, 2.05) is 12.3 Å². The van der Waals surface area contributed by atoms with Gasteiger partial charge in [0.1, 0.15) is 6.04 Å². The summed E-state index contributed by atoms with van der Waals surface area (Å²) in [5.41, 5.74) is 0.633. The number of halogens is 2. The van der Waals surface area contributed by atoms with Crippen LogP contribution in [-0.4, -0.2) is 84.7 Å². The van der Waals surface area contributed by atoms with E-state index in [1.54, 1.807) is 17.0 Å². The summed E-state index contributed by atoms with van der Waals surface area (Å²) in [6.45, 7) is 0.483. The first-order chi connectivity index (χ1) is 16.0. The van der Waals surface area contributed by atoms with Crippen LogP contribution in [0.2, 0.25) is 10.0 Å². The number of nitrogens with one attached hydrogen (secondary N) is 2. The first kappa shape index (κ1) is 27.8. The summed E-state index contributed by atoms with van der Waals surface area (Å²) < 4.78 is 0. The van der Waals surface area contributed by atoms with Crippen LogP contribution in [0.1, 0.15) is 18.4 Å². The van der Waals surface area contributed by atoms with Gasteiger partial charge < -0.3 is 25.5 Å². The van der Waals surface area contributed by atoms with Gasteiger partial charge >= 0.3 is 12.0 Å². The number of aliphatic carboxylic acids is 1. The molecule has 1 saturated heterocycles. The van der Waals surface area contributed by atoms with Crippen molar-refractivity contribution in [3.63, 3.8) is 0 Å². The van der Waals surface area contributed by atoms with Gasteiger partial charge in [0.05, 0.1) is 16.6 Å². The summed E-state index contributed by atoms with van der Waals surface area (Å²) in [4.78, 5) is 51.9. The molecule has 0 radical (unpaired) electrons. The zero-order valence-electron chi connectivity index (χ0n) is 19.1. The Labute approximate surface area is 212 Å². The monoisotopic (exact) mass is 530 g/mol. The van der Waals surface area contributed by atoms with Crippen LogP contribution in [0.4, 0.5) is 4.79 Å². The highest BCUT2D eigenvalue weighted by molar-refractivity contribution is 7.98. The lowest BCUT2D eigenvalue weighted by Gasteiger charge is -2.31. The van der Waals surface area contributed by atoms with Crippen LogP contribution in [0.15, 0.2) is 23.1 Å². The zero-order chi connectivity index (χ0) is 25.4. The Kier molecular flexibility index (Phi) is 10.5. The number of hydrogen-bond donors (Lipinski definition) is 3. The maximum atomic E-state index is 12.6. The Morgan fingerprint density at radius 2 is 1.85 bits per heavy atom. The van der Waals surface area contributed by atoms with Gasteiger partial charge in [-0.3, -0.25) is 9.59 Å². The molecule has 0 aliphatic carbocycles. The summed E-state index contributed by atoms with van der Waals surface area (Å²) in [6.07, 6.45) is 5.72. The Morgan fingerprint density at radius 3 is 2.41 bits per heavy atom. The molecule has 1 aromatic rings. The molecule has 1 heterocycles. The second-order valence-electron chi connectivity index (χ2n) is 7.90. The first-order valence-corrected chi connectivity index (χ1v) is 12.5. The smallest absolute Gasteiger partial charge is 0.328 e. The van der Waals surface area contributed by atoms with Gasteiger partial charge in [-0.2, -0.15) is 0 Å². The molecule has 1 aliphatic heterocycles. The molecule has 186 valence electrons. The number of hydrogen-bond acceptors (Lipinski definition) is 5. The van der Waals surface area contributed by atoms with Crippen LogP contribution in [-0.2, 0) is 14.4 Å². The Bertz CT molecular complexity index is 965. The van der Waals surface area contributed by atoms with Gasteiger partial charge in [-0.25, -0.2) is 9.59 Å². The number of carbonyl (C=O) groups is 4. The van der Waals surface area contributed by atoms with Crippen molar-refractivity contribution >= 4 is 64.9 Å². The molecular weight excluding hydrogens is 503 g/mol. The van der Waals surface area contributed by atoms with Gasteiger partial charge in [-0.15, -0.1) is 11.8 Å². The third-order valence-corrected chi connectivity index (χ3v) is 7.15. The normalized spacial score (nSPS) is 15.1. The molecule has 0 unspecified atom stereocenters. The number of amides is 4. The highest BCUT2D eigenvalue weighted by atomic mass is 35.5. The van der Waals surface area contributed by atoms with Crippen LogP contribution < -0.4 is 10.6 Å². The van der Waals surface area contributed by atoms with Gasteiger partial charge in [-0.05, 0) is 36.8 Å². The van der Waals surface area contributed by atoms with Crippen molar-refractivity contribution in [1.29, 1.82) is 0 Å². The Morgan fingerprint density at radius 1 is 1.21 bits per heavy atom. The number of thioether (sulfide) groups is 1. The summed E-state index contributed by atoms with van der Waals surface area (Å²) in [5.74, 6) is -2.29.